The van der Waals surface area contributed by atoms with E-state index >= 15 is 0 Å². The summed E-state index contributed by atoms with van der Waals surface area (Å²) in [4.78, 5) is 26.1. The molecule has 0 atom stereocenters. The number of nitrogens with one attached hydrogen (secondary N) is 1. The van der Waals surface area contributed by atoms with E-state index in [1.165, 1.54) is 29.1 Å². The van der Waals surface area contributed by atoms with Crippen molar-refractivity contribution in [1.82, 2.24) is 20.2 Å². The van der Waals surface area contributed by atoms with Crippen molar-refractivity contribution in [3.05, 3.63) is 59.5 Å². The third kappa shape index (κ3) is 4.06. The van der Waals surface area contributed by atoms with Crippen LogP contribution in [0.2, 0.25) is 0 Å². The lowest BCUT2D eigenvalue weighted by atomic mass is 10.1. The van der Waals surface area contributed by atoms with Gasteiger partial charge in [0.25, 0.3) is 11.8 Å². The van der Waals surface area contributed by atoms with Crippen LogP contribution in [-0.2, 0) is 0 Å². The van der Waals surface area contributed by atoms with E-state index in [1.807, 2.05) is 53.9 Å². The molecule has 1 fully saturated rings. The standard InChI is InChI=1S/C24H20N6O2S2/c31-21(27-23-29-28-22(32-23)18-10-7-13-33-18)16-14-17(15-8-3-1-4-9-15)25-20-19(16)34-24(26-20)30-11-5-2-6-12-30/h1,3-4,7-10,13-14H,2,5-6,11-12H2,(H,27,29,31). The predicted molar refractivity (Wildman–Crippen MR) is 134 cm³/mol. The summed E-state index contributed by atoms with van der Waals surface area (Å²) >= 11 is 3.00. The van der Waals surface area contributed by atoms with E-state index in [0.29, 0.717) is 22.8 Å². The summed E-state index contributed by atoms with van der Waals surface area (Å²) in [6.07, 6.45) is 3.54. The highest BCUT2D eigenvalue weighted by Gasteiger charge is 2.22. The monoisotopic (exact) mass is 488 g/mol. The van der Waals surface area contributed by atoms with Crippen LogP contribution in [0.15, 0.2) is 58.3 Å². The Kier molecular flexibility index (Phi) is 5.52. The maximum absolute atomic E-state index is 13.4. The van der Waals surface area contributed by atoms with Crippen LogP contribution < -0.4 is 10.2 Å². The predicted octanol–water partition coefficient (Wildman–Crippen LogP) is 5.71. The zero-order valence-corrected chi connectivity index (χ0v) is 19.7. The lowest BCUT2D eigenvalue weighted by molar-refractivity contribution is 0.102. The number of carbonyl (C=O) groups is 1. The zero-order valence-electron chi connectivity index (χ0n) is 18.1. The second-order valence-electron chi connectivity index (χ2n) is 7.96. The highest BCUT2D eigenvalue weighted by molar-refractivity contribution is 7.22. The second-order valence-corrected chi connectivity index (χ2v) is 9.89. The topological polar surface area (TPSA) is 97.0 Å². The number of thiophene rings is 1. The Morgan fingerprint density at radius 1 is 1.00 bits per heavy atom. The number of aromatic nitrogens is 4. The van der Waals surface area contributed by atoms with Crippen molar-refractivity contribution in [1.29, 1.82) is 0 Å². The number of pyridine rings is 1. The number of fused-ring (bicyclic) bond motifs is 1. The van der Waals surface area contributed by atoms with Crippen molar-refractivity contribution < 1.29 is 9.21 Å². The Morgan fingerprint density at radius 3 is 2.65 bits per heavy atom. The van der Waals surface area contributed by atoms with Crippen LogP contribution in [0.4, 0.5) is 11.1 Å². The van der Waals surface area contributed by atoms with E-state index in [4.69, 9.17) is 14.4 Å². The molecular formula is C24H20N6O2S2. The summed E-state index contributed by atoms with van der Waals surface area (Å²) in [6, 6.07) is 15.5. The highest BCUT2D eigenvalue weighted by Crippen LogP contribution is 2.34. The Hall–Kier alpha value is -3.63. The number of thiazole rings is 1. The Bertz CT molecular complexity index is 1440. The number of carbonyl (C=O) groups excluding carboxylic acids is 1. The minimum atomic E-state index is -0.334. The third-order valence-corrected chi connectivity index (χ3v) is 7.66. The summed E-state index contributed by atoms with van der Waals surface area (Å²) in [5, 5.41) is 13.6. The normalized spacial score (nSPS) is 13.9. The fourth-order valence-corrected chi connectivity index (χ4v) is 5.70. The van der Waals surface area contributed by atoms with Crippen LogP contribution in [0.3, 0.4) is 0 Å². The van der Waals surface area contributed by atoms with Crippen molar-refractivity contribution in [3.63, 3.8) is 0 Å². The van der Waals surface area contributed by atoms with Crippen LogP contribution in [0.5, 0.6) is 0 Å². The summed E-state index contributed by atoms with van der Waals surface area (Å²) in [5.41, 5.74) is 2.67. The molecular weight excluding hydrogens is 468 g/mol. The molecule has 1 aromatic carbocycles. The van der Waals surface area contributed by atoms with Crippen LogP contribution in [-0.4, -0.2) is 39.2 Å². The first-order valence-corrected chi connectivity index (χ1v) is 12.7. The quantitative estimate of drug-likeness (QED) is 0.338. The molecule has 0 aliphatic carbocycles. The molecule has 8 nitrogen and oxygen atoms in total. The van der Waals surface area contributed by atoms with Gasteiger partial charge in [0.2, 0.25) is 0 Å². The summed E-state index contributed by atoms with van der Waals surface area (Å²) in [7, 11) is 0. The van der Waals surface area contributed by atoms with Gasteiger partial charge >= 0.3 is 6.01 Å². The molecule has 0 saturated carbocycles. The molecule has 0 bridgehead atoms. The van der Waals surface area contributed by atoms with E-state index < -0.39 is 0 Å². The third-order valence-electron chi connectivity index (χ3n) is 5.67. The molecule has 34 heavy (non-hydrogen) atoms. The van der Waals surface area contributed by atoms with Crippen LogP contribution >= 0.6 is 22.7 Å². The summed E-state index contributed by atoms with van der Waals surface area (Å²) < 4.78 is 6.41. The van der Waals surface area contributed by atoms with E-state index in [-0.39, 0.29) is 11.9 Å². The van der Waals surface area contributed by atoms with E-state index in [9.17, 15) is 4.79 Å². The molecule has 6 rings (SSSR count). The van der Waals surface area contributed by atoms with Crippen LogP contribution in [0, 0.1) is 0 Å². The van der Waals surface area contributed by atoms with E-state index in [2.05, 4.69) is 20.4 Å². The number of benzene rings is 1. The molecule has 1 N–H and O–H groups in total. The van der Waals surface area contributed by atoms with Crippen LogP contribution in [0.1, 0.15) is 29.6 Å². The fraction of sp³-hybridized carbons (Fsp3) is 0.208. The maximum atomic E-state index is 13.4. The van der Waals surface area contributed by atoms with Crippen molar-refractivity contribution in [2.45, 2.75) is 19.3 Å². The number of nitrogens with zero attached hydrogens (tertiary/aromatic N) is 5. The zero-order chi connectivity index (χ0) is 22.9. The number of piperidine rings is 1. The van der Waals surface area contributed by atoms with Gasteiger partial charge in [0.1, 0.15) is 0 Å². The van der Waals surface area contributed by atoms with Gasteiger partial charge in [-0.3, -0.25) is 10.1 Å². The molecule has 170 valence electrons. The lowest BCUT2D eigenvalue weighted by Gasteiger charge is -2.25. The highest BCUT2D eigenvalue weighted by atomic mass is 32.1. The number of hydrogen-bond acceptors (Lipinski definition) is 9. The van der Waals surface area contributed by atoms with Gasteiger partial charge in [0.05, 0.1) is 20.8 Å². The molecule has 0 unspecified atom stereocenters. The SMILES string of the molecule is O=C(Nc1nnc(-c2cccs2)o1)c1cc(-c2ccccc2)nc2nc(N3CCCCC3)sc12. The first kappa shape index (κ1) is 20.9. The minimum absolute atomic E-state index is 0.0559. The molecule has 1 aliphatic heterocycles. The molecule has 1 aliphatic rings. The Balaban J connectivity index is 1.38. The largest absolute Gasteiger partial charge is 0.402 e. The molecule has 0 radical (unpaired) electrons. The first-order valence-electron chi connectivity index (χ1n) is 11.1. The van der Waals surface area contributed by atoms with Gasteiger partial charge in [0.15, 0.2) is 10.8 Å². The molecule has 5 heterocycles. The second kappa shape index (κ2) is 8.96. The summed E-state index contributed by atoms with van der Waals surface area (Å²) in [6.45, 7) is 1.95. The van der Waals surface area contributed by atoms with Gasteiger partial charge in [-0.2, -0.15) is 4.98 Å². The van der Waals surface area contributed by atoms with Gasteiger partial charge in [-0.25, -0.2) is 4.98 Å². The molecule has 4 aromatic heterocycles. The Labute approximate surface area is 203 Å². The number of anilines is 2. The lowest BCUT2D eigenvalue weighted by Crippen LogP contribution is -2.29. The van der Waals surface area contributed by atoms with Crippen molar-refractivity contribution in [2.24, 2.45) is 0 Å². The number of rotatable bonds is 5. The van der Waals surface area contributed by atoms with Gasteiger partial charge in [-0.1, -0.05) is 52.8 Å². The first-order chi connectivity index (χ1) is 16.7. The molecule has 10 heteroatoms. The maximum Gasteiger partial charge on any atom is 0.322 e. The Morgan fingerprint density at radius 2 is 1.85 bits per heavy atom. The minimum Gasteiger partial charge on any atom is -0.402 e. The van der Waals surface area contributed by atoms with Gasteiger partial charge in [-0.15, -0.1) is 16.4 Å². The van der Waals surface area contributed by atoms with Gasteiger partial charge in [0, 0.05) is 18.7 Å². The summed E-state index contributed by atoms with van der Waals surface area (Å²) in [5.74, 6) is 0.0418. The van der Waals surface area contributed by atoms with Crippen molar-refractivity contribution in [3.8, 4) is 22.0 Å². The van der Waals surface area contributed by atoms with Gasteiger partial charge in [-0.05, 0) is 36.8 Å². The van der Waals surface area contributed by atoms with Crippen molar-refractivity contribution in [2.75, 3.05) is 23.3 Å². The molecule has 1 amide bonds. The van der Waals surface area contributed by atoms with E-state index in [1.54, 1.807) is 0 Å². The molecule has 1 saturated heterocycles. The fourth-order valence-electron chi connectivity index (χ4n) is 3.98. The molecule has 0 spiro atoms. The average Bonchev–Trinajstić information content (AvgIpc) is 3.65. The number of amides is 1. The van der Waals surface area contributed by atoms with E-state index in [0.717, 1.165) is 46.2 Å². The average molecular weight is 489 g/mol. The molecule has 5 aromatic rings. The number of hydrogen-bond donors (Lipinski definition) is 1. The van der Waals surface area contributed by atoms with Gasteiger partial charge < -0.3 is 9.32 Å². The van der Waals surface area contributed by atoms with Crippen molar-refractivity contribution >= 4 is 50.1 Å². The smallest absolute Gasteiger partial charge is 0.322 e. The van der Waals surface area contributed by atoms with Crippen LogP contribution in [0.25, 0.3) is 32.4 Å².